The highest BCUT2D eigenvalue weighted by atomic mass is 32.2. The van der Waals surface area contributed by atoms with Crippen molar-refractivity contribution in [3.63, 3.8) is 0 Å². The van der Waals surface area contributed by atoms with E-state index >= 15 is 0 Å². The van der Waals surface area contributed by atoms with Crippen molar-refractivity contribution in [3.05, 3.63) is 59.2 Å². The van der Waals surface area contributed by atoms with E-state index in [4.69, 9.17) is 5.14 Å². The number of benzene rings is 2. The molecule has 0 aliphatic heterocycles. The first-order chi connectivity index (χ1) is 15.2. The van der Waals surface area contributed by atoms with E-state index in [-0.39, 0.29) is 10.3 Å². The van der Waals surface area contributed by atoms with Crippen LogP contribution in [0.5, 0.6) is 5.75 Å². The van der Waals surface area contributed by atoms with E-state index in [2.05, 4.69) is 18.3 Å². The Morgan fingerprint density at radius 1 is 1.12 bits per heavy atom. The van der Waals surface area contributed by atoms with E-state index in [0.717, 1.165) is 43.2 Å². The zero-order valence-electron chi connectivity index (χ0n) is 18.8. The fourth-order valence-electron chi connectivity index (χ4n) is 6.38. The van der Waals surface area contributed by atoms with Crippen molar-refractivity contribution >= 4 is 10.0 Å². The first-order valence-electron chi connectivity index (χ1n) is 11.9. The van der Waals surface area contributed by atoms with Gasteiger partial charge in [-0.2, -0.15) is 0 Å². The van der Waals surface area contributed by atoms with Gasteiger partial charge in [-0.3, -0.25) is 0 Å². The van der Waals surface area contributed by atoms with E-state index < -0.39 is 10.0 Å². The summed E-state index contributed by atoms with van der Waals surface area (Å²) in [7, 11) is -3.65. The van der Waals surface area contributed by atoms with Crippen LogP contribution in [0.3, 0.4) is 0 Å². The summed E-state index contributed by atoms with van der Waals surface area (Å²) in [5.41, 5.74) is 3.85. The average Bonchev–Trinajstić information content (AvgIpc) is 3.56. The largest absolute Gasteiger partial charge is 0.508 e. The third-order valence-electron chi connectivity index (χ3n) is 8.28. The van der Waals surface area contributed by atoms with Gasteiger partial charge in [0.05, 0.1) is 4.90 Å². The molecule has 3 aliphatic carbocycles. The summed E-state index contributed by atoms with van der Waals surface area (Å²) in [5, 5.41) is 19.3. The number of rotatable bonds is 7. The minimum Gasteiger partial charge on any atom is -0.508 e. The number of hydrogen-bond acceptors (Lipinski definition) is 4. The maximum Gasteiger partial charge on any atom is 0.238 e. The molecule has 2 aromatic carbocycles. The molecule has 172 valence electrons. The number of nitrogens with one attached hydrogen (secondary N) is 1. The maximum atomic E-state index is 11.5. The molecule has 5 rings (SSSR count). The summed E-state index contributed by atoms with van der Waals surface area (Å²) in [6.07, 6.45) is 8.52. The van der Waals surface area contributed by atoms with Crippen LogP contribution in [0.1, 0.15) is 55.7 Å². The molecule has 0 aromatic heterocycles. The fourth-order valence-corrected chi connectivity index (χ4v) is 6.90. The van der Waals surface area contributed by atoms with Crippen LogP contribution in [-0.4, -0.2) is 26.1 Å². The van der Waals surface area contributed by atoms with Gasteiger partial charge in [0.25, 0.3) is 0 Å². The quantitative estimate of drug-likeness (QED) is 0.592. The molecule has 2 fully saturated rings. The molecule has 4 unspecified atom stereocenters. The molecule has 4 N–H and O–H groups in total. The zero-order valence-corrected chi connectivity index (χ0v) is 19.6. The molecule has 0 spiro atoms. The van der Waals surface area contributed by atoms with Gasteiger partial charge < -0.3 is 10.4 Å². The van der Waals surface area contributed by atoms with Gasteiger partial charge in [-0.05, 0) is 97.4 Å². The van der Waals surface area contributed by atoms with Crippen molar-refractivity contribution in [2.45, 2.75) is 68.2 Å². The van der Waals surface area contributed by atoms with E-state index in [9.17, 15) is 13.5 Å². The van der Waals surface area contributed by atoms with Crippen molar-refractivity contribution in [3.8, 4) is 5.75 Å². The molecule has 2 bridgehead atoms. The monoisotopic (exact) mass is 454 g/mol. The van der Waals surface area contributed by atoms with Gasteiger partial charge in [0.15, 0.2) is 0 Å². The lowest BCUT2D eigenvalue weighted by Crippen LogP contribution is -2.59. The normalized spacial score (nSPS) is 29.5. The van der Waals surface area contributed by atoms with Crippen LogP contribution in [-0.2, 0) is 28.3 Å². The van der Waals surface area contributed by atoms with Gasteiger partial charge in [-0.15, -0.1) is 0 Å². The summed E-state index contributed by atoms with van der Waals surface area (Å²) in [6.45, 7) is 3.22. The zero-order chi connectivity index (χ0) is 22.5. The highest BCUT2D eigenvalue weighted by molar-refractivity contribution is 7.89. The fraction of sp³-hybridized carbons (Fsp3) is 0.538. The second kappa shape index (κ2) is 8.15. The summed E-state index contributed by atoms with van der Waals surface area (Å²) < 4.78 is 23.0. The van der Waals surface area contributed by atoms with Gasteiger partial charge in [-0.1, -0.05) is 38.0 Å². The molecular weight excluding hydrogens is 420 g/mol. The van der Waals surface area contributed by atoms with Crippen LogP contribution in [0.25, 0.3) is 0 Å². The highest BCUT2D eigenvalue weighted by Crippen LogP contribution is 2.54. The second-order valence-electron chi connectivity index (χ2n) is 10.5. The van der Waals surface area contributed by atoms with Crippen molar-refractivity contribution < 1.29 is 13.5 Å². The maximum absolute atomic E-state index is 11.5. The van der Waals surface area contributed by atoms with Gasteiger partial charge in [0.1, 0.15) is 5.75 Å². The first-order valence-corrected chi connectivity index (χ1v) is 13.5. The Morgan fingerprint density at radius 3 is 2.56 bits per heavy atom. The molecule has 0 radical (unpaired) electrons. The van der Waals surface area contributed by atoms with Crippen LogP contribution in [0, 0.1) is 17.8 Å². The molecule has 5 nitrogen and oxygen atoms in total. The Hall–Kier alpha value is -1.89. The third-order valence-corrected chi connectivity index (χ3v) is 9.21. The van der Waals surface area contributed by atoms with Crippen molar-refractivity contribution in [2.24, 2.45) is 22.9 Å². The summed E-state index contributed by atoms with van der Waals surface area (Å²) in [6, 6.07) is 13.2. The Kier molecular flexibility index (Phi) is 5.59. The molecule has 6 heteroatoms. The highest BCUT2D eigenvalue weighted by Gasteiger charge is 2.51. The number of phenols is 1. The Balaban J connectivity index is 1.35. The van der Waals surface area contributed by atoms with Gasteiger partial charge in [0.2, 0.25) is 10.0 Å². The lowest BCUT2D eigenvalue weighted by atomic mass is 9.53. The van der Waals surface area contributed by atoms with Crippen LogP contribution in [0.2, 0.25) is 0 Å². The Morgan fingerprint density at radius 2 is 1.88 bits per heavy atom. The minimum atomic E-state index is -3.65. The number of phenolic OH excluding ortho intramolecular Hbond substituents is 1. The predicted molar refractivity (Wildman–Crippen MR) is 126 cm³/mol. The number of primary sulfonamides is 1. The number of aromatic hydroxyl groups is 1. The van der Waals surface area contributed by atoms with E-state index in [0.29, 0.717) is 17.7 Å². The molecule has 0 heterocycles. The topological polar surface area (TPSA) is 92.4 Å². The van der Waals surface area contributed by atoms with E-state index in [1.165, 1.54) is 36.8 Å². The number of fused-ring (bicyclic) bond motifs is 4. The summed E-state index contributed by atoms with van der Waals surface area (Å²) in [5.74, 6) is 2.68. The molecule has 0 saturated heterocycles. The van der Waals surface area contributed by atoms with Gasteiger partial charge in [-0.25, -0.2) is 13.6 Å². The molecule has 2 aromatic rings. The Bertz CT molecular complexity index is 1090. The average molecular weight is 455 g/mol. The standard InChI is InChI=1S/C26H34N2O3S/c1-26-12-10-19(14-18-2-3-18)23(15-20-6-7-21(29)16-24(20)26)25(26)28-13-11-17-4-8-22(9-5-17)32(27,30)31/h4-9,16,18-19,23,25,28-29H,2-3,10-15H2,1H3,(H2,27,30,31). The molecule has 0 amide bonds. The molecule has 4 atom stereocenters. The van der Waals surface area contributed by atoms with Crippen LogP contribution >= 0.6 is 0 Å². The number of hydrogen-bond donors (Lipinski definition) is 3. The molecule has 2 saturated carbocycles. The van der Waals surface area contributed by atoms with Gasteiger partial charge >= 0.3 is 0 Å². The molecular formula is C26H34N2O3S. The Labute approximate surface area is 191 Å². The second-order valence-corrected chi connectivity index (χ2v) is 12.0. The third kappa shape index (κ3) is 4.20. The van der Waals surface area contributed by atoms with Crippen LogP contribution in [0.4, 0.5) is 0 Å². The lowest BCUT2D eigenvalue weighted by Gasteiger charge is -2.55. The number of nitrogens with two attached hydrogens (primary N) is 1. The minimum absolute atomic E-state index is 0.0223. The lowest BCUT2D eigenvalue weighted by molar-refractivity contribution is 0.0765. The van der Waals surface area contributed by atoms with Crippen molar-refractivity contribution in [1.82, 2.24) is 5.32 Å². The van der Waals surface area contributed by atoms with Crippen molar-refractivity contribution in [2.75, 3.05) is 6.54 Å². The van der Waals surface area contributed by atoms with E-state index in [1.54, 1.807) is 12.1 Å². The number of sulfonamides is 1. The van der Waals surface area contributed by atoms with Crippen LogP contribution < -0.4 is 10.5 Å². The van der Waals surface area contributed by atoms with Crippen molar-refractivity contribution in [1.29, 1.82) is 0 Å². The SMILES string of the molecule is CC12CCC(CC3CC3)C(Cc3ccc(O)cc31)C2NCCc1ccc(S(N)(=O)=O)cc1. The van der Waals surface area contributed by atoms with E-state index in [1.807, 2.05) is 24.3 Å². The summed E-state index contributed by atoms with van der Waals surface area (Å²) in [4.78, 5) is 0.155. The van der Waals surface area contributed by atoms with Crippen LogP contribution in [0.15, 0.2) is 47.4 Å². The molecule has 32 heavy (non-hydrogen) atoms. The molecule has 3 aliphatic rings. The predicted octanol–water partition coefficient (Wildman–Crippen LogP) is 3.88. The first kappa shape index (κ1) is 21.9. The van der Waals surface area contributed by atoms with Gasteiger partial charge in [0, 0.05) is 11.5 Å². The summed E-state index contributed by atoms with van der Waals surface area (Å²) >= 11 is 0. The smallest absolute Gasteiger partial charge is 0.238 e.